The second-order valence-electron chi connectivity index (χ2n) is 9.78. The molecular formula is C25H35N5O3S3. The van der Waals surface area contributed by atoms with Crippen molar-refractivity contribution in [3.05, 3.63) is 52.8 Å². The van der Waals surface area contributed by atoms with Gasteiger partial charge in [-0.2, -0.15) is 12.6 Å². The van der Waals surface area contributed by atoms with E-state index < -0.39 is 17.2 Å². The highest BCUT2D eigenvalue weighted by Crippen LogP contribution is 2.35. The molecule has 0 spiro atoms. The molecule has 0 aliphatic carbocycles. The van der Waals surface area contributed by atoms with E-state index in [2.05, 4.69) is 53.6 Å². The van der Waals surface area contributed by atoms with Gasteiger partial charge in [-0.25, -0.2) is 4.98 Å². The van der Waals surface area contributed by atoms with E-state index in [0.717, 1.165) is 27.2 Å². The number of thiazole rings is 1. The molecule has 3 N–H and O–H groups in total. The van der Waals surface area contributed by atoms with Gasteiger partial charge in [0.25, 0.3) is 0 Å². The Morgan fingerprint density at radius 1 is 1.44 bits per heavy atom. The Morgan fingerprint density at radius 3 is 2.92 bits per heavy atom. The number of amides is 2. The molecule has 4 bridgehead atoms. The van der Waals surface area contributed by atoms with Gasteiger partial charge in [-0.05, 0) is 40.2 Å². The molecule has 11 heteroatoms. The minimum atomic E-state index is -0.534. The van der Waals surface area contributed by atoms with E-state index in [1.165, 1.54) is 11.3 Å². The number of carbonyl (C=O) groups excluding carboxylic acids is 2. The normalized spacial score (nSPS) is 25.7. The summed E-state index contributed by atoms with van der Waals surface area (Å²) in [6, 6.07) is -0.248. The van der Waals surface area contributed by atoms with Gasteiger partial charge in [-0.1, -0.05) is 19.2 Å². The zero-order chi connectivity index (χ0) is 26.5. The number of fused-ring (bicyclic) bond motifs is 4. The topological polar surface area (TPSA) is 105 Å². The van der Waals surface area contributed by atoms with Crippen molar-refractivity contribution in [3.8, 4) is 0 Å². The summed E-state index contributed by atoms with van der Waals surface area (Å²) < 4.78 is 6.14. The van der Waals surface area contributed by atoms with Crippen LogP contribution >= 0.6 is 35.7 Å². The van der Waals surface area contributed by atoms with E-state index in [9.17, 15) is 9.59 Å². The number of nitrogens with one attached hydrogen (secondary N) is 3. The van der Waals surface area contributed by atoms with Crippen LogP contribution in [0.4, 0.5) is 0 Å². The average molecular weight is 550 g/mol. The number of nitrogens with zero attached hydrogens (tertiary/aromatic N) is 2. The standard InChI is InChI=1S/C25H35N5O3S3/c1-15-16(2)33-18(8-7-9-24(4,5)29-21(32)12-34)10-20(31)26-11-22-28-19(13-35-22)23-30-25(6,14-36-23)17(3)27-15/h7-8,13,15,18,27,34H,2-3,9-12,14H2,1,4-6H3,(H,26,31)(H,29,32)/b8-7+/t15-,18?,25-/m0/s1. The molecule has 3 rings (SSSR count). The first-order valence-electron chi connectivity index (χ1n) is 11.7. The van der Waals surface area contributed by atoms with Crippen LogP contribution in [0.3, 0.4) is 0 Å². The van der Waals surface area contributed by atoms with Gasteiger partial charge in [0.2, 0.25) is 11.8 Å². The zero-order valence-electron chi connectivity index (χ0n) is 21.2. The van der Waals surface area contributed by atoms with Crippen LogP contribution in [0.25, 0.3) is 0 Å². The third-order valence-electron chi connectivity index (χ3n) is 5.86. The lowest BCUT2D eigenvalue weighted by molar-refractivity contribution is -0.123. The predicted octanol–water partition coefficient (Wildman–Crippen LogP) is 3.58. The van der Waals surface area contributed by atoms with Crippen molar-refractivity contribution in [1.29, 1.82) is 0 Å². The van der Waals surface area contributed by atoms with Gasteiger partial charge in [0.15, 0.2) is 0 Å². The van der Waals surface area contributed by atoms with Gasteiger partial charge in [0.1, 0.15) is 33.1 Å². The molecule has 0 fully saturated rings. The summed E-state index contributed by atoms with van der Waals surface area (Å²) in [6.45, 7) is 16.5. The third kappa shape index (κ3) is 7.63. The molecule has 2 aliphatic heterocycles. The molecule has 1 unspecified atom stereocenters. The summed E-state index contributed by atoms with van der Waals surface area (Å²) in [7, 11) is 0. The Balaban J connectivity index is 1.79. The number of aromatic nitrogens is 1. The highest BCUT2D eigenvalue weighted by Gasteiger charge is 2.36. The zero-order valence-corrected chi connectivity index (χ0v) is 23.7. The minimum absolute atomic E-state index is 0.116. The molecule has 2 aliphatic rings. The van der Waals surface area contributed by atoms with Gasteiger partial charge < -0.3 is 20.7 Å². The van der Waals surface area contributed by atoms with Gasteiger partial charge in [-0.3, -0.25) is 14.6 Å². The SMILES string of the molecule is C=C1OC(/C=C/CC(C)(C)NC(=O)CS)CC(=O)NCc2nc(cs2)C2=N[C@@](C)(CS2)C(=C)N[C@H]1C. The van der Waals surface area contributed by atoms with Crippen LogP contribution in [0, 0.1) is 0 Å². The molecule has 196 valence electrons. The molecule has 2 amide bonds. The Morgan fingerprint density at radius 2 is 2.19 bits per heavy atom. The smallest absolute Gasteiger partial charge is 0.230 e. The number of ether oxygens (including phenoxy) is 1. The molecule has 0 aromatic carbocycles. The number of hydrogen-bond donors (Lipinski definition) is 4. The van der Waals surface area contributed by atoms with Crippen LogP contribution in [0.5, 0.6) is 0 Å². The molecule has 36 heavy (non-hydrogen) atoms. The fourth-order valence-electron chi connectivity index (χ4n) is 3.63. The van der Waals surface area contributed by atoms with Crippen molar-refractivity contribution in [2.75, 3.05) is 11.5 Å². The van der Waals surface area contributed by atoms with E-state index in [1.54, 1.807) is 11.8 Å². The van der Waals surface area contributed by atoms with E-state index in [-0.39, 0.29) is 30.0 Å². The number of thioether (sulfide) groups is 1. The second kappa shape index (κ2) is 11.9. The molecule has 0 saturated heterocycles. The van der Waals surface area contributed by atoms with Crippen molar-refractivity contribution in [2.24, 2.45) is 4.99 Å². The second-order valence-corrected chi connectivity index (χ2v) is 12.0. The summed E-state index contributed by atoms with van der Waals surface area (Å²) in [4.78, 5) is 34.1. The van der Waals surface area contributed by atoms with Crippen LogP contribution in [0.2, 0.25) is 0 Å². The maximum absolute atomic E-state index is 12.8. The maximum Gasteiger partial charge on any atom is 0.230 e. The molecule has 1 aromatic heterocycles. The van der Waals surface area contributed by atoms with Gasteiger partial charge in [-0.15, -0.1) is 23.1 Å². The fraction of sp³-hybridized carbons (Fsp3) is 0.520. The maximum atomic E-state index is 12.8. The van der Waals surface area contributed by atoms with E-state index >= 15 is 0 Å². The van der Waals surface area contributed by atoms with Gasteiger partial charge in [0, 0.05) is 22.4 Å². The van der Waals surface area contributed by atoms with Crippen LogP contribution in [-0.4, -0.2) is 56.6 Å². The van der Waals surface area contributed by atoms with Gasteiger partial charge in [0.05, 0.1) is 24.8 Å². The first kappa shape index (κ1) is 28.3. The summed E-state index contributed by atoms with van der Waals surface area (Å²) in [5.41, 5.74) is 0.659. The Bertz CT molecular complexity index is 1080. The van der Waals surface area contributed by atoms with Crippen molar-refractivity contribution in [3.63, 3.8) is 0 Å². The van der Waals surface area contributed by atoms with Crippen molar-refractivity contribution < 1.29 is 14.3 Å². The highest BCUT2D eigenvalue weighted by atomic mass is 32.2. The van der Waals surface area contributed by atoms with Crippen molar-refractivity contribution >= 4 is 52.6 Å². The first-order valence-corrected chi connectivity index (χ1v) is 14.2. The first-order chi connectivity index (χ1) is 16.9. The summed E-state index contributed by atoms with van der Waals surface area (Å²) >= 11 is 7.17. The molecule has 0 saturated carbocycles. The molecule has 8 nitrogen and oxygen atoms in total. The van der Waals surface area contributed by atoms with E-state index in [4.69, 9.17) is 9.73 Å². The van der Waals surface area contributed by atoms with Crippen LogP contribution in [0.15, 0.2) is 47.1 Å². The number of aliphatic imine (C=N–C) groups is 1. The van der Waals surface area contributed by atoms with E-state index in [0.29, 0.717) is 18.7 Å². The predicted molar refractivity (Wildman–Crippen MR) is 152 cm³/mol. The lowest BCUT2D eigenvalue weighted by atomic mass is 9.99. The lowest BCUT2D eigenvalue weighted by Crippen LogP contribution is -2.43. The Labute approximate surface area is 226 Å². The number of hydrogen-bond acceptors (Lipinski definition) is 9. The largest absolute Gasteiger partial charge is 0.489 e. The third-order valence-corrected chi connectivity index (χ3v) is 8.28. The number of carbonyl (C=O) groups is 2. The fourth-order valence-corrected chi connectivity index (χ4v) is 5.68. The summed E-state index contributed by atoms with van der Waals surface area (Å²) in [5.74, 6) is 1.08. The quantitative estimate of drug-likeness (QED) is 0.331. The Hall–Kier alpha value is -2.24. The number of rotatable bonds is 5. The number of thiol groups is 1. The monoisotopic (exact) mass is 549 g/mol. The van der Waals surface area contributed by atoms with Crippen LogP contribution in [-0.2, 0) is 20.9 Å². The molecular weight excluding hydrogens is 515 g/mol. The molecule has 3 atom stereocenters. The lowest BCUT2D eigenvalue weighted by Gasteiger charge is -2.29. The summed E-state index contributed by atoms with van der Waals surface area (Å²) in [6.07, 6.45) is 3.90. The van der Waals surface area contributed by atoms with Crippen LogP contribution < -0.4 is 16.0 Å². The highest BCUT2D eigenvalue weighted by molar-refractivity contribution is 8.14. The minimum Gasteiger partial charge on any atom is -0.489 e. The summed E-state index contributed by atoms with van der Waals surface area (Å²) in [5, 5.41) is 12.9. The molecule has 1 aromatic rings. The van der Waals surface area contributed by atoms with Crippen molar-refractivity contribution in [2.45, 2.75) is 70.3 Å². The van der Waals surface area contributed by atoms with Crippen molar-refractivity contribution in [1.82, 2.24) is 20.9 Å². The molecule has 3 heterocycles. The average Bonchev–Trinajstić information content (AvgIpc) is 3.44. The molecule has 0 radical (unpaired) electrons. The van der Waals surface area contributed by atoms with Gasteiger partial charge >= 0.3 is 0 Å². The van der Waals surface area contributed by atoms with E-state index in [1.807, 2.05) is 38.3 Å². The Kier molecular flexibility index (Phi) is 9.34. The van der Waals surface area contributed by atoms with Crippen LogP contribution in [0.1, 0.15) is 51.2 Å².